The molecule has 1 amide bonds. The zero-order valence-electron chi connectivity index (χ0n) is 5.39. The Bertz CT molecular complexity index is 129. The van der Waals surface area contributed by atoms with Crippen LogP contribution < -0.4 is 5.32 Å². The second kappa shape index (κ2) is 3.28. The summed E-state index contributed by atoms with van der Waals surface area (Å²) in [6.45, 7) is 0.836. The molecular formula is C7H11NO. The highest BCUT2D eigenvalue weighted by Gasteiger charge is 1.96. The van der Waals surface area contributed by atoms with E-state index in [1.165, 1.54) is 6.42 Å². The molecule has 1 rings (SSSR count). The smallest absolute Gasteiger partial charge is 0.243 e. The average Bonchev–Trinajstić information content (AvgIpc) is 1.79. The summed E-state index contributed by atoms with van der Waals surface area (Å²) in [5.41, 5.74) is 0. The van der Waals surface area contributed by atoms with Gasteiger partial charge < -0.3 is 5.32 Å². The molecule has 0 radical (unpaired) electrons. The quantitative estimate of drug-likeness (QED) is 0.510. The maximum Gasteiger partial charge on any atom is 0.243 e. The van der Waals surface area contributed by atoms with Gasteiger partial charge in [0.15, 0.2) is 0 Å². The van der Waals surface area contributed by atoms with Crippen molar-refractivity contribution in [3.8, 4) is 0 Å². The van der Waals surface area contributed by atoms with E-state index in [0.29, 0.717) is 0 Å². The van der Waals surface area contributed by atoms with Gasteiger partial charge in [0.05, 0.1) is 0 Å². The molecular weight excluding hydrogens is 114 g/mol. The molecule has 0 spiro atoms. The van der Waals surface area contributed by atoms with E-state index >= 15 is 0 Å². The maximum atomic E-state index is 10.6. The Hall–Kier alpha value is -0.790. The fourth-order valence-electron chi connectivity index (χ4n) is 0.848. The number of hydrogen-bond acceptors (Lipinski definition) is 1. The van der Waals surface area contributed by atoms with Gasteiger partial charge in [0.25, 0.3) is 0 Å². The van der Waals surface area contributed by atoms with Gasteiger partial charge in [-0.25, -0.2) is 0 Å². The fraction of sp³-hybridized carbons (Fsp3) is 0.571. The second-order valence-electron chi connectivity index (χ2n) is 2.19. The fourth-order valence-corrected chi connectivity index (χ4v) is 0.848. The maximum absolute atomic E-state index is 10.6. The normalized spacial score (nSPS) is 23.8. The van der Waals surface area contributed by atoms with E-state index in [0.717, 1.165) is 19.4 Å². The third-order valence-corrected chi connectivity index (χ3v) is 1.37. The van der Waals surface area contributed by atoms with Crippen molar-refractivity contribution < 1.29 is 4.79 Å². The Morgan fingerprint density at radius 1 is 1.44 bits per heavy atom. The molecule has 0 aromatic heterocycles. The molecule has 0 atom stereocenters. The van der Waals surface area contributed by atoms with Crippen molar-refractivity contribution in [3.63, 3.8) is 0 Å². The van der Waals surface area contributed by atoms with Crippen LogP contribution in [0.2, 0.25) is 0 Å². The Labute approximate surface area is 54.9 Å². The number of carbonyl (C=O) groups excluding carboxylic acids is 1. The Morgan fingerprint density at radius 3 is 3.22 bits per heavy atom. The van der Waals surface area contributed by atoms with Crippen molar-refractivity contribution in [2.24, 2.45) is 0 Å². The van der Waals surface area contributed by atoms with E-state index in [-0.39, 0.29) is 5.91 Å². The standard InChI is InChI=1S/C7H11NO/c9-7-5-3-1-2-4-6-8-7/h3,5H,1-2,4,6H2,(H,8,9)/b5-3-. The molecule has 1 aliphatic heterocycles. The van der Waals surface area contributed by atoms with Crippen LogP contribution in [-0.2, 0) is 4.79 Å². The summed E-state index contributed by atoms with van der Waals surface area (Å²) in [7, 11) is 0. The van der Waals surface area contributed by atoms with Crippen molar-refractivity contribution in [1.82, 2.24) is 5.32 Å². The Kier molecular flexibility index (Phi) is 2.31. The van der Waals surface area contributed by atoms with Crippen LogP contribution in [0.1, 0.15) is 19.3 Å². The predicted molar refractivity (Wildman–Crippen MR) is 36.0 cm³/mol. The lowest BCUT2D eigenvalue weighted by Gasteiger charge is -2.03. The molecule has 1 N–H and O–H groups in total. The van der Waals surface area contributed by atoms with Crippen molar-refractivity contribution in [2.75, 3.05) is 6.54 Å². The summed E-state index contributed by atoms with van der Waals surface area (Å²) < 4.78 is 0. The zero-order chi connectivity index (χ0) is 6.53. The van der Waals surface area contributed by atoms with Crippen molar-refractivity contribution in [2.45, 2.75) is 19.3 Å². The van der Waals surface area contributed by atoms with Gasteiger partial charge in [-0.3, -0.25) is 4.79 Å². The zero-order valence-corrected chi connectivity index (χ0v) is 5.39. The minimum absolute atomic E-state index is 0.0506. The molecule has 0 aliphatic carbocycles. The number of amides is 1. The first-order valence-corrected chi connectivity index (χ1v) is 3.34. The Morgan fingerprint density at radius 2 is 2.33 bits per heavy atom. The van der Waals surface area contributed by atoms with Crippen molar-refractivity contribution in [1.29, 1.82) is 0 Å². The van der Waals surface area contributed by atoms with E-state index in [1.807, 2.05) is 6.08 Å². The lowest BCUT2D eigenvalue weighted by molar-refractivity contribution is -0.116. The average molecular weight is 125 g/mol. The summed E-state index contributed by atoms with van der Waals surface area (Å²) in [6, 6.07) is 0. The van der Waals surface area contributed by atoms with Gasteiger partial charge in [0, 0.05) is 6.54 Å². The third kappa shape index (κ3) is 2.31. The molecule has 50 valence electrons. The molecule has 0 aromatic carbocycles. The van der Waals surface area contributed by atoms with Gasteiger partial charge in [-0.15, -0.1) is 0 Å². The molecule has 2 heteroatoms. The second-order valence-corrected chi connectivity index (χ2v) is 2.19. The number of carbonyl (C=O) groups is 1. The van der Waals surface area contributed by atoms with Crippen LogP contribution >= 0.6 is 0 Å². The van der Waals surface area contributed by atoms with Crippen LogP contribution in [0.3, 0.4) is 0 Å². The van der Waals surface area contributed by atoms with Gasteiger partial charge in [-0.2, -0.15) is 0 Å². The highest BCUT2D eigenvalue weighted by molar-refractivity contribution is 5.87. The monoisotopic (exact) mass is 125 g/mol. The molecule has 0 saturated heterocycles. The lowest BCUT2D eigenvalue weighted by atomic mass is 10.2. The largest absolute Gasteiger partial charge is 0.353 e. The highest BCUT2D eigenvalue weighted by Crippen LogP contribution is 1.97. The van der Waals surface area contributed by atoms with E-state index in [2.05, 4.69) is 5.32 Å². The van der Waals surface area contributed by atoms with Gasteiger partial charge in [-0.1, -0.05) is 6.08 Å². The molecule has 9 heavy (non-hydrogen) atoms. The van der Waals surface area contributed by atoms with Gasteiger partial charge in [0.1, 0.15) is 0 Å². The van der Waals surface area contributed by atoms with Crippen LogP contribution in [0, 0.1) is 0 Å². The van der Waals surface area contributed by atoms with Gasteiger partial charge in [-0.05, 0) is 25.3 Å². The molecule has 1 aliphatic rings. The van der Waals surface area contributed by atoms with E-state index in [1.54, 1.807) is 6.08 Å². The molecule has 0 unspecified atom stereocenters. The molecule has 1 heterocycles. The first-order valence-electron chi connectivity index (χ1n) is 3.34. The summed E-state index contributed by atoms with van der Waals surface area (Å²) in [4.78, 5) is 10.6. The van der Waals surface area contributed by atoms with Crippen LogP contribution in [0.25, 0.3) is 0 Å². The van der Waals surface area contributed by atoms with Crippen molar-refractivity contribution >= 4 is 5.91 Å². The van der Waals surface area contributed by atoms with E-state index < -0.39 is 0 Å². The summed E-state index contributed by atoms with van der Waals surface area (Å²) >= 11 is 0. The van der Waals surface area contributed by atoms with Crippen molar-refractivity contribution in [3.05, 3.63) is 12.2 Å². The number of rotatable bonds is 0. The van der Waals surface area contributed by atoms with E-state index in [4.69, 9.17) is 0 Å². The van der Waals surface area contributed by atoms with Crippen LogP contribution in [0.4, 0.5) is 0 Å². The number of nitrogens with one attached hydrogen (secondary N) is 1. The minimum Gasteiger partial charge on any atom is -0.353 e. The molecule has 0 fully saturated rings. The highest BCUT2D eigenvalue weighted by atomic mass is 16.1. The van der Waals surface area contributed by atoms with Crippen LogP contribution in [0.5, 0.6) is 0 Å². The first-order chi connectivity index (χ1) is 4.39. The first kappa shape index (κ1) is 6.33. The number of allylic oxidation sites excluding steroid dienone is 1. The summed E-state index contributed by atoms with van der Waals surface area (Å²) in [5, 5.41) is 2.76. The van der Waals surface area contributed by atoms with Crippen LogP contribution in [0.15, 0.2) is 12.2 Å². The molecule has 0 bridgehead atoms. The lowest BCUT2D eigenvalue weighted by Crippen LogP contribution is -2.22. The predicted octanol–water partition coefficient (Wildman–Crippen LogP) is 0.843. The topological polar surface area (TPSA) is 29.1 Å². The minimum atomic E-state index is 0.0506. The molecule has 0 saturated carbocycles. The van der Waals surface area contributed by atoms with Gasteiger partial charge in [0.2, 0.25) is 5.91 Å². The van der Waals surface area contributed by atoms with Gasteiger partial charge >= 0.3 is 0 Å². The Balaban J connectivity index is 2.39. The molecule has 0 aromatic rings. The van der Waals surface area contributed by atoms with Crippen LogP contribution in [-0.4, -0.2) is 12.5 Å². The molecule has 2 nitrogen and oxygen atoms in total. The summed E-state index contributed by atoms with van der Waals surface area (Å²) in [6.07, 6.45) is 6.88. The summed E-state index contributed by atoms with van der Waals surface area (Å²) in [5.74, 6) is 0.0506. The number of hydrogen-bond donors (Lipinski definition) is 1. The SMILES string of the molecule is O=C1/C=C\CCCCN1. The third-order valence-electron chi connectivity index (χ3n) is 1.37. The van der Waals surface area contributed by atoms with E-state index in [9.17, 15) is 4.79 Å².